The van der Waals surface area contributed by atoms with Gasteiger partial charge in [0.05, 0.1) is 29.0 Å². The number of imidazole rings is 1. The van der Waals surface area contributed by atoms with Gasteiger partial charge in [0.2, 0.25) is 5.91 Å². The van der Waals surface area contributed by atoms with Crippen molar-refractivity contribution in [3.8, 4) is 0 Å². The molecule has 0 bridgehead atoms. The highest BCUT2D eigenvalue weighted by Crippen LogP contribution is 2.23. The zero-order valence-electron chi connectivity index (χ0n) is 17.5. The van der Waals surface area contributed by atoms with Crippen LogP contribution in [0.1, 0.15) is 24.7 Å². The van der Waals surface area contributed by atoms with E-state index in [0.29, 0.717) is 10.9 Å². The molecule has 0 aliphatic carbocycles. The minimum Gasteiger partial charge on any atom is -0.346 e. The Balaban J connectivity index is 1.50. The van der Waals surface area contributed by atoms with Crippen molar-refractivity contribution >= 4 is 39.6 Å². The molecule has 1 amide bonds. The molecule has 2 aromatic heterocycles. The normalized spacial score (nSPS) is 12.3. The molecule has 0 spiro atoms. The predicted octanol–water partition coefficient (Wildman–Crippen LogP) is 2.68. The summed E-state index contributed by atoms with van der Waals surface area (Å²) in [6.07, 6.45) is 2.94. The van der Waals surface area contributed by atoms with Gasteiger partial charge in [0.15, 0.2) is 0 Å². The molecule has 31 heavy (non-hydrogen) atoms. The highest BCUT2D eigenvalue weighted by Gasteiger charge is 2.20. The van der Waals surface area contributed by atoms with Gasteiger partial charge in [-0.1, -0.05) is 29.5 Å². The summed E-state index contributed by atoms with van der Waals surface area (Å²) in [4.78, 5) is 30.1. The third kappa shape index (κ3) is 4.46. The Morgan fingerprint density at radius 1 is 1.13 bits per heavy atom. The molecule has 2 aromatic carbocycles. The number of carbonyl (C=O) groups excluding carboxylic acids is 1. The highest BCUT2D eigenvalue weighted by molar-refractivity contribution is 7.98. The first-order chi connectivity index (χ1) is 15.1. The van der Waals surface area contributed by atoms with Crippen LogP contribution in [0.4, 0.5) is 0 Å². The van der Waals surface area contributed by atoms with Crippen LogP contribution >= 0.6 is 11.8 Å². The quantitative estimate of drug-likeness (QED) is 0.456. The van der Waals surface area contributed by atoms with Crippen LogP contribution in [0.5, 0.6) is 0 Å². The number of rotatable bonds is 8. The number of fused-ring (bicyclic) bond motifs is 2. The number of aryl methyl sites for hydroxylation is 2. The number of hydrogen-bond acceptors (Lipinski definition) is 6. The second-order valence-corrected chi connectivity index (χ2v) is 8.29. The topological polar surface area (TPSA) is 94.7 Å². The minimum atomic E-state index is -0.243. The average molecular weight is 437 g/mol. The third-order valence-electron chi connectivity index (χ3n) is 5.26. The Morgan fingerprint density at radius 3 is 2.65 bits per heavy atom. The van der Waals surface area contributed by atoms with Crippen molar-refractivity contribution < 1.29 is 4.79 Å². The number of para-hydroxylation sites is 2. The summed E-state index contributed by atoms with van der Waals surface area (Å²) in [7, 11) is 1.97. The fourth-order valence-corrected chi connectivity index (χ4v) is 4.09. The van der Waals surface area contributed by atoms with Gasteiger partial charge in [-0.15, -0.1) is 5.10 Å². The summed E-state index contributed by atoms with van der Waals surface area (Å²) < 4.78 is 3.27. The van der Waals surface area contributed by atoms with Crippen molar-refractivity contribution in [2.75, 3.05) is 12.0 Å². The third-order valence-corrected chi connectivity index (χ3v) is 5.90. The molecule has 160 valence electrons. The standard InChI is InChI=1S/C22H24N6O2S/c1-27-19-10-6-5-9-17(19)24-21(27)18(12-14-31-2)23-20(29)11-13-28-22(30)15-7-3-4-8-16(15)25-26-28/h3-10,18H,11-14H2,1-2H3,(H,23,29)/t18-/m0/s1. The van der Waals surface area contributed by atoms with Crippen LogP contribution in [0.2, 0.25) is 0 Å². The number of nitrogens with zero attached hydrogens (tertiary/aromatic N) is 5. The van der Waals surface area contributed by atoms with Crippen LogP contribution in [0.15, 0.2) is 53.3 Å². The Bertz CT molecular complexity index is 1280. The molecule has 0 fully saturated rings. The SMILES string of the molecule is CSCC[C@H](NC(=O)CCn1nnc2ccccc2c1=O)c1nc2ccccc2n1C. The van der Waals surface area contributed by atoms with Gasteiger partial charge >= 0.3 is 0 Å². The van der Waals surface area contributed by atoms with E-state index < -0.39 is 0 Å². The second-order valence-electron chi connectivity index (χ2n) is 7.30. The number of carbonyl (C=O) groups is 1. The van der Waals surface area contributed by atoms with Crippen molar-refractivity contribution in [2.24, 2.45) is 7.05 Å². The second kappa shape index (κ2) is 9.30. The van der Waals surface area contributed by atoms with Crippen LogP contribution in [-0.2, 0) is 18.4 Å². The zero-order valence-corrected chi connectivity index (χ0v) is 18.3. The number of nitrogens with one attached hydrogen (secondary N) is 1. The molecular weight excluding hydrogens is 412 g/mol. The molecule has 1 N–H and O–H groups in total. The van der Waals surface area contributed by atoms with E-state index in [9.17, 15) is 9.59 Å². The molecule has 4 aromatic rings. The largest absolute Gasteiger partial charge is 0.346 e. The molecule has 0 saturated carbocycles. The lowest BCUT2D eigenvalue weighted by molar-refractivity contribution is -0.122. The fraction of sp³-hybridized carbons (Fsp3) is 0.318. The predicted molar refractivity (Wildman–Crippen MR) is 123 cm³/mol. The van der Waals surface area contributed by atoms with Crippen molar-refractivity contribution in [3.05, 3.63) is 64.7 Å². The van der Waals surface area contributed by atoms with E-state index in [2.05, 4.69) is 15.6 Å². The lowest BCUT2D eigenvalue weighted by Gasteiger charge is -2.18. The van der Waals surface area contributed by atoms with Crippen LogP contribution in [-0.4, -0.2) is 42.5 Å². The van der Waals surface area contributed by atoms with Crippen molar-refractivity contribution in [3.63, 3.8) is 0 Å². The lowest BCUT2D eigenvalue weighted by Crippen LogP contribution is -2.33. The number of amides is 1. The first kappa shape index (κ1) is 21.0. The van der Waals surface area contributed by atoms with Crippen LogP contribution in [0, 0.1) is 0 Å². The van der Waals surface area contributed by atoms with Crippen LogP contribution in [0.25, 0.3) is 21.9 Å². The summed E-state index contributed by atoms with van der Waals surface area (Å²) in [6.45, 7) is 0.167. The van der Waals surface area contributed by atoms with E-state index >= 15 is 0 Å². The molecule has 0 aliphatic heterocycles. The molecule has 0 saturated heterocycles. The van der Waals surface area contributed by atoms with E-state index in [-0.39, 0.29) is 30.5 Å². The van der Waals surface area contributed by atoms with E-state index in [4.69, 9.17) is 4.98 Å². The zero-order chi connectivity index (χ0) is 21.8. The molecule has 4 rings (SSSR count). The van der Waals surface area contributed by atoms with Gasteiger partial charge in [-0.3, -0.25) is 9.59 Å². The maximum atomic E-state index is 12.7. The number of thioether (sulfide) groups is 1. The van der Waals surface area contributed by atoms with Gasteiger partial charge in [-0.25, -0.2) is 9.67 Å². The summed E-state index contributed by atoms with van der Waals surface area (Å²) >= 11 is 1.73. The van der Waals surface area contributed by atoms with Gasteiger partial charge in [0, 0.05) is 13.5 Å². The van der Waals surface area contributed by atoms with E-state index in [1.54, 1.807) is 30.0 Å². The molecular formula is C22H24N6O2S. The monoisotopic (exact) mass is 436 g/mol. The van der Waals surface area contributed by atoms with E-state index in [0.717, 1.165) is 29.0 Å². The Labute approximate surface area is 183 Å². The van der Waals surface area contributed by atoms with Gasteiger partial charge in [-0.2, -0.15) is 11.8 Å². The van der Waals surface area contributed by atoms with Gasteiger partial charge in [0.1, 0.15) is 11.3 Å². The van der Waals surface area contributed by atoms with Gasteiger partial charge in [-0.05, 0) is 42.7 Å². The van der Waals surface area contributed by atoms with Gasteiger partial charge < -0.3 is 9.88 Å². The summed E-state index contributed by atoms with van der Waals surface area (Å²) in [5, 5.41) is 11.6. The number of benzene rings is 2. The Hall–Kier alpha value is -3.20. The van der Waals surface area contributed by atoms with Crippen LogP contribution in [0.3, 0.4) is 0 Å². The molecule has 9 heteroatoms. The molecule has 0 unspecified atom stereocenters. The number of aromatic nitrogens is 5. The fourth-order valence-electron chi connectivity index (χ4n) is 3.62. The average Bonchev–Trinajstić information content (AvgIpc) is 3.13. The van der Waals surface area contributed by atoms with Crippen molar-refractivity contribution in [1.29, 1.82) is 0 Å². The summed E-state index contributed by atoms with van der Waals surface area (Å²) in [5.41, 5.74) is 2.24. The minimum absolute atomic E-state index is 0.132. The summed E-state index contributed by atoms with van der Waals surface area (Å²) in [6, 6.07) is 14.8. The maximum absolute atomic E-state index is 12.7. The first-order valence-electron chi connectivity index (χ1n) is 10.1. The van der Waals surface area contributed by atoms with E-state index in [1.165, 1.54) is 4.68 Å². The maximum Gasteiger partial charge on any atom is 0.277 e. The van der Waals surface area contributed by atoms with Crippen LogP contribution < -0.4 is 10.9 Å². The smallest absolute Gasteiger partial charge is 0.277 e. The molecule has 1 atom stereocenters. The molecule has 8 nitrogen and oxygen atoms in total. The van der Waals surface area contributed by atoms with E-state index in [1.807, 2.05) is 48.2 Å². The lowest BCUT2D eigenvalue weighted by atomic mass is 10.2. The Kier molecular flexibility index (Phi) is 6.31. The highest BCUT2D eigenvalue weighted by atomic mass is 32.2. The molecule has 2 heterocycles. The number of hydrogen-bond donors (Lipinski definition) is 1. The van der Waals surface area contributed by atoms with Crippen molar-refractivity contribution in [2.45, 2.75) is 25.4 Å². The van der Waals surface area contributed by atoms with Gasteiger partial charge in [0.25, 0.3) is 5.56 Å². The first-order valence-corrected chi connectivity index (χ1v) is 11.5. The molecule has 0 aliphatic rings. The molecule has 0 radical (unpaired) electrons. The summed E-state index contributed by atoms with van der Waals surface area (Å²) in [5.74, 6) is 1.57. The Morgan fingerprint density at radius 2 is 1.87 bits per heavy atom. The van der Waals surface area contributed by atoms with Crippen molar-refractivity contribution in [1.82, 2.24) is 29.9 Å².